The number of allylic oxidation sites excluding steroid dienone is 9. The fraction of sp³-hybridized carbons (Fsp3) is 0.836. The van der Waals surface area contributed by atoms with Gasteiger partial charge in [-0.05, 0) is 89.9 Å². The predicted molar refractivity (Wildman–Crippen MR) is 352 cm³/mol. The van der Waals surface area contributed by atoms with Crippen molar-refractivity contribution in [1.82, 2.24) is 5.32 Å². The van der Waals surface area contributed by atoms with Gasteiger partial charge < -0.3 is 45.1 Å². The molecule has 0 aliphatic carbocycles. The van der Waals surface area contributed by atoms with Crippen molar-refractivity contribution in [2.75, 3.05) is 13.2 Å². The largest absolute Gasteiger partial charge is 0.454 e. The second-order valence-electron chi connectivity index (χ2n) is 24.6. The summed E-state index contributed by atoms with van der Waals surface area (Å²) in [5.41, 5.74) is 0. The first-order valence-corrected chi connectivity index (χ1v) is 35.6. The highest BCUT2D eigenvalue weighted by atomic mass is 16.7. The maximum absolute atomic E-state index is 13.5. The Balaban J connectivity index is 2.56. The van der Waals surface area contributed by atoms with Gasteiger partial charge in [0.25, 0.3) is 0 Å². The number of hydrogen-bond donors (Lipinski definition) is 6. The van der Waals surface area contributed by atoms with Crippen molar-refractivity contribution < 1.29 is 49.3 Å². The van der Waals surface area contributed by atoms with Gasteiger partial charge in [-0.15, -0.1) is 0 Å². The summed E-state index contributed by atoms with van der Waals surface area (Å²) >= 11 is 0. The average molecular weight is 1180 g/mol. The second-order valence-corrected chi connectivity index (χ2v) is 24.6. The van der Waals surface area contributed by atoms with Gasteiger partial charge >= 0.3 is 5.97 Å². The molecule has 1 rings (SSSR count). The lowest BCUT2D eigenvalue weighted by molar-refractivity contribution is -0.305. The van der Waals surface area contributed by atoms with Gasteiger partial charge in [0.05, 0.1) is 25.4 Å². The number of aliphatic hydroxyl groups excluding tert-OH is 5. The third-order valence-corrected chi connectivity index (χ3v) is 16.6. The highest BCUT2D eigenvalue weighted by Gasteiger charge is 2.47. The van der Waals surface area contributed by atoms with Crippen LogP contribution in [0.2, 0.25) is 0 Å². The molecule has 1 amide bonds. The summed E-state index contributed by atoms with van der Waals surface area (Å²) in [4.78, 5) is 26.7. The number of ether oxygens (including phenoxy) is 3. The molecule has 1 heterocycles. The molecule has 8 unspecified atom stereocenters. The molecule has 0 aromatic rings. The van der Waals surface area contributed by atoms with Gasteiger partial charge in [0.1, 0.15) is 24.4 Å². The monoisotopic (exact) mass is 1180 g/mol. The number of hydrogen-bond acceptors (Lipinski definition) is 10. The Kier molecular flexibility index (Phi) is 57.3. The van der Waals surface area contributed by atoms with E-state index in [1.807, 2.05) is 6.08 Å². The Labute approximate surface area is 516 Å². The zero-order valence-electron chi connectivity index (χ0n) is 54.5. The Morgan fingerprint density at radius 3 is 1.24 bits per heavy atom. The molecule has 8 atom stereocenters. The molecule has 0 aromatic carbocycles. The van der Waals surface area contributed by atoms with Gasteiger partial charge in [-0.1, -0.05) is 293 Å². The van der Waals surface area contributed by atoms with Gasteiger partial charge in [0.2, 0.25) is 5.91 Å². The molecule has 11 heteroatoms. The van der Waals surface area contributed by atoms with Crippen LogP contribution in [-0.2, 0) is 23.8 Å². The van der Waals surface area contributed by atoms with Crippen LogP contribution in [0.25, 0.3) is 0 Å². The van der Waals surface area contributed by atoms with Crippen molar-refractivity contribution in [3.63, 3.8) is 0 Å². The number of unbranched alkanes of at least 4 members (excludes halogenated alkanes) is 39. The number of amides is 1. The van der Waals surface area contributed by atoms with Crippen LogP contribution in [0.5, 0.6) is 0 Å². The molecule has 1 aliphatic heterocycles. The van der Waals surface area contributed by atoms with E-state index in [1.165, 1.54) is 205 Å². The number of carbonyl (C=O) groups is 2. The maximum atomic E-state index is 13.5. The lowest BCUT2D eigenvalue weighted by Crippen LogP contribution is -2.61. The molecule has 1 fully saturated rings. The van der Waals surface area contributed by atoms with Crippen LogP contribution in [0.1, 0.15) is 329 Å². The molecule has 490 valence electrons. The normalized spacial score (nSPS) is 18.8. The molecule has 1 aliphatic rings. The fourth-order valence-electron chi connectivity index (χ4n) is 11.0. The second kappa shape index (κ2) is 60.6. The minimum Gasteiger partial charge on any atom is -0.454 e. The van der Waals surface area contributed by atoms with Gasteiger partial charge in [0.15, 0.2) is 12.4 Å². The van der Waals surface area contributed by atoms with Gasteiger partial charge in [0, 0.05) is 6.42 Å². The topological polar surface area (TPSA) is 175 Å². The summed E-state index contributed by atoms with van der Waals surface area (Å²) in [6.07, 6.45) is 66.9. The molecule has 84 heavy (non-hydrogen) atoms. The van der Waals surface area contributed by atoms with Crippen LogP contribution >= 0.6 is 0 Å². The molecular formula is C73H133NO10. The van der Waals surface area contributed by atoms with Gasteiger partial charge in [-0.25, -0.2) is 0 Å². The van der Waals surface area contributed by atoms with E-state index in [2.05, 4.69) is 74.7 Å². The molecule has 1 saturated heterocycles. The van der Waals surface area contributed by atoms with Crippen LogP contribution in [0.15, 0.2) is 60.8 Å². The van der Waals surface area contributed by atoms with E-state index in [-0.39, 0.29) is 19.4 Å². The van der Waals surface area contributed by atoms with E-state index < -0.39 is 67.4 Å². The Bertz CT molecular complexity index is 1600. The first-order valence-electron chi connectivity index (χ1n) is 35.6. The summed E-state index contributed by atoms with van der Waals surface area (Å²) in [5.74, 6) is -1.19. The third kappa shape index (κ3) is 47.4. The summed E-state index contributed by atoms with van der Waals surface area (Å²) in [6.45, 7) is 5.77. The molecule has 0 bridgehead atoms. The highest BCUT2D eigenvalue weighted by molar-refractivity contribution is 5.80. The standard InChI is InChI=1S/C73H133NO10/c1-4-7-10-13-16-19-22-25-27-29-31-32-33-34-35-36-37-39-41-43-46-49-52-55-58-61-68(78)84-71-70(80)69(79)67(62-75)83-73(71)82-63-64(65(76)59-56-53-50-47-44-24-21-18-15-12-9-6-3)74-72(81)66(77)60-57-54-51-48-45-42-40-38-30-28-26-23-20-17-14-11-8-5-2/h16-17,19-20,25-28,56,59,64-67,69-71,73,75-77,79-80H,4-15,18,21-24,29-55,57-58,60-63H2,1-3H3,(H,74,81)/b19-16-,20-17-,27-25-,28-26-,59-56+. The van der Waals surface area contributed by atoms with Gasteiger partial charge in [-0.3, -0.25) is 9.59 Å². The summed E-state index contributed by atoms with van der Waals surface area (Å²) in [7, 11) is 0. The Morgan fingerprint density at radius 1 is 0.464 bits per heavy atom. The first-order chi connectivity index (χ1) is 41.2. The number of nitrogens with one attached hydrogen (secondary N) is 1. The molecular weight excluding hydrogens is 1050 g/mol. The van der Waals surface area contributed by atoms with Crippen molar-refractivity contribution >= 4 is 11.9 Å². The quantitative estimate of drug-likeness (QED) is 0.0195. The highest BCUT2D eigenvalue weighted by Crippen LogP contribution is 2.26. The van der Waals surface area contributed by atoms with Crippen LogP contribution in [-0.4, -0.2) is 99.6 Å². The van der Waals surface area contributed by atoms with Crippen molar-refractivity contribution in [3.8, 4) is 0 Å². The predicted octanol–water partition coefficient (Wildman–Crippen LogP) is 18.1. The zero-order chi connectivity index (χ0) is 61.0. The van der Waals surface area contributed by atoms with Crippen molar-refractivity contribution in [2.45, 2.75) is 378 Å². The van der Waals surface area contributed by atoms with Crippen molar-refractivity contribution in [2.24, 2.45) is 0 Å². The van der Waals surface area contributed by atoms with E-state index in [0.29, 0.717) is 12.8 Å². The first kappa shape index (κ1) is 79.4. The van der Waals surface area contributed by atoms with E-state index in [4.69, 9.17) is 14.2 Å². The number of carbonyl (C=O) groups excluding carboxylic acids is 2. The maximum Gasteiger partial charge on any atom is 0.306 e. The minimum atomic E-state index is -1.62. The molecule has 0 saturated carbocycles. The van der Waals surface area contributed by atoms with Crippen LogP contribution in [0, 0.1) is 0 Å². The van der Waals surface area contributed by atoms with Crippen LogP contribution in [0.4, 0.5) is 0 Å². The van der Waals surface area contributed by atoms with E-state index in [0.717, 1.165) is 77.0 Å². The smallest absolute Gasteiger partial charge is 0.306 e. The lowest BCUT2D eigenvalue weighted by atomic mass is 9.99. The zero-order valence-corrected chi connectivity index (χ0v) is 54.5. The van der Waals surface area contributed by atoms with Crippen LogP contribution in [0.3, 0.4) is 0 Å². The lowest BCUT2D eigenvalue weighted by Gasteiger charge is -2.41. The van der Waals surface area contributed by atoms with Crippen molar-refractivity contribution in [1.29, 1.82) is 0 Å². The average Bonchev–Trinajstić information content (AvgIpc) is 3.69. The third-order valence-electron chi connectivity index (χ3n) is 16.6. The van der Waals surface area contributed by atoms with E-state index in [9.17, 15) is 35.1 Å². The van der Waals surface area contributed by atoms with Gasteiger partial charge in [-0.2, -0.15) is 0 Å². The molecule has 11 nitrogen and oxygen atoms in total. The Hall–Kier alpha value is -2.64. The SMILES string of the molecule is CCCCC/C=C\C/C=C\CCCCCCCCCCCCCCCCCC(=O)OC1C(OCC(NC(=O)C(O)CCCCCCCCCC/C=C\C/C=C\CCCCC)C(O)/C=C/CCCCCCCCCCCC)OC(CO)C(O)C1O. The van der Waals surface area contributed by atoms with E-state index in [1.54, 1.807) is 6.08 Å². The summed E-state index contributed by atoms with van der Waals surface area (Å²) < 4.78 is 17.7. The number of rotatable bonds is 61. The van der Waals surface area contributed by atoms with Crippen molar-refractivity contribution in [3.05, 3.63) is 60.8 Å². The minimum absolute atomic E-state index is 0.124. The summed E-state index contributed by atoms with van der Waals surface area (Å²) in [5, 5.41) is 57.2. The summed E-state index contributed by atoms with van der Waals surface area (Å²) in [6, 6.07) is -1.03. The molecule has 0 spiro atoms. The Morgan fingerprint density at radius 2 is 0.821 bits per heavy atom. The molecule has 0 radical (unpaired) electrons. The van der Waals surface area contributed by atoms with Crippen LogP contribution < -0.4 is 5.32 Å². The molecule has 6 N–H and O–H groups in total. The molecule has 0 aromatic heterocycles. The van der Waals surface area contributed by atoms with E-state index >= 15 is 0 Å². The fourth-order valence-corrected chi connectivity index (χ4v) is 11.0. The number of aliphatic hydroxyl groups is 5. The number of esters is 1.